The molecular weight excluding hydrogens is 611 g/mol. The molecule has 1 saturated carbocycles. The fourth-order valence-electron chi connectivity index (χ4n) is 6.18. The molecular formula is C38H43N3O5S. The van der Waals surface area contributed by atoms with Gasteiger partial charge in [-0.05, 0) is 66.3 Å². The minimum Gasteiger partial charge on any atom is -0.497 e. The molecule has 0 heterocycles. The highest BCUT2D eigenvalue weighted by molar-refractivity contribution is 7.92. The second-order valence-corrected chi connectivity index (χ2v) is 13.7. The average molecular weight is 654 g/mol. The number of methoxy groups -OCH3 is 1. The summed E-state index contributed by atoms with van der Waals surface area (Å²) < 4.78 is 35.2. The fraction of sp³-hybridized carbons (Fsp3) is 0.316. The van der Waals surface area contributed by atoms with Gasteiger partial charge in [-0.15, -0.1) is 0 Å². The van der Waals surface area contributed by atoms with Crippen molar-refractivity contribution in [1.29, 1.82) is 0 Å². The van der Waals surface area contributed by atoms with Crippen LogP contribution in [0, 0.1) is 0 Å². The lowest BCUT2D eigenvalue weighted by molar-refractivity contribution is -0.140. The van der Waals surface area contributed by atoms with Gasteiger partial charge in [0.05, 0.1) is 17.7 Å². The number of ether oxygens (including phenoxy) is 1. The van der Waals surface area contributed by atoms with E-state index >= 15 is 0 Å². The van der Waals surface area contributed by atoms with Crippen LogP contribution >= 0.6 is 0 Å². The number of anilines is 1. The van der Waals surface area contributed by atoms with Crippen molar-refractivity contribution in [3.8, 4) is 5.75 Å². The van der Waals surface area contributed by atoms with Gasteiger partial charge in [0.2, 0.25) is 11.8 Å². The predicted molar refractivity (Wildman–Crippen MR) is 185 cm³/mol. The molecule has 0 bridgehead atoms. The molecule has 0 spiro atoms. The molecule has 246 valence electrons. The second kappa shape index (κ2) is 15.8. The number of sulfonamides is 1. The minimum absolute atomic E-state index is 0.0425. The van der Waals surface area contributed by atoms with Crippen LogP contribution in [0.2, 0.25) is 0 Å². The summed E-state index contributed by atoms with van der Waals surface area (Å²) in [6.45, 7) is 1.55. The zero-order chi connectivity index (χ0) is 33.2. The van der Waals surface area contributed by atoms with Crippen LogP contribution in [0.4, 0.5) is 5.69 Å². The molecule has 47 heavy (non-hydrogen) atoms. The van der Waals surface area contributed by atoms with Gasteiger partial charge in [-0.2, -0.15) is 0 Å². The van der Waals surface area contributed by atoms with E-state index in [1.807, 2.05) is 73.7 Å². The molecule has 0 unspecified atom stereocenters. The highest BCUT2D eigenvalue weighted by atomic mass is 32.2. The Bertz CT molecular complexity index is 1740. The van der Waals surface area contributed by atoms with Crippen molar-refractivity contribution in [3.05, 3.63) is 126 Å². The quantitative estimate of drug-likeness (QED) is 0.176. The van der Waals surface area contributed by atoms with Crippen LogP contribution < -0.4 is 14.4 Å². The highest BCUT2D eigenvalue weighted by Gasteiger charge is 2.36. The SMILES string of the molecule is CCc1ccccc1N(CC(=O)N(Cc1cccc(OC)c1)[C@@H](Cc1ccccc1)C(=O)NC1CCCC1)S(=O)(=O)c1ccccc1. The zero-order valence-corrected chi connectivity index (χ0v) is 27.9. The molecule has 1 atom stereocenters. The third kappa shape index (κ3) is 8.40. The lowest BCUT2D eigenvalue weighted by Crippen LogP contribution is -2.54. The molecule has 4 aromatic rings. The largest absolute Gasteiger partial charge is 0.497 e. The maximum Gasteiger partial charge on any atom is 0.264 e. The smallest absolute Gasteiger partial charge is 0.264 e. The van der Waals surface area contributed by atoms with Crippen LogP contribution in [0.5, 0.6) is 5.75 Å². The third-order valence-electron chi connectivity index (χ3n) is 8.71. The summed E-state index contributed by atoms with van der Waals surface area (Å²) >= 11 is 0. The second-order valence-electron chi connectivity index (χ2n) is 11.9. The van der Waals surface area contributed by atoms with Gasteiger partial charge < -0.3 is 15.0 Å². The van der Waals surface area contributed by atoms with Crippen LogP contribution in [0.15, 0.2) is 114 Å². The molecule has 1 aliphatic carbocycles. The molecule has 8 nitrogen and oxygen atoms in total. The first-order valence-corrected chi connectivity index (χ1v) is 17.7. The van der Waals surface area contributed by atoms with E-state index in [-0.39, 0.29) is 29.8 Å². The Morgan fingerprint density at radius 2 is 1.49 bits per heavy atom. The summed E-state index contributed by atoms with van der Waals surface area (Å²) in [5, 5.41) is 3.21. The van der Waals surface area contributed by atoms with Gasteiger partial charge in [0.15, 0.2) is 0 Å². The van der Waals surface area contributed by atoms with Gasteiger partial charge in [0, 0.05) is 19.0 Å². The fourth-order valence-corrected chi connectivity index (χ4v) is 7.65. The molecule has 1 aliphatic rings. The number of benzene rings is 4. The Hall–Kier alpha value is -4.63. The molecule has 0 aliphatic heterocycles. The van der Waals surface area contributed by atoms with E-state index < -0.39 is 28.5 Å². The molecule has 4 aromatic carbocycles. The van der Waals surface area contributed by atoms with E-state index in [2.05, 4.69) is 5.32 Å². The monoisotopic (exact) mass is 653 g/mol. The van der Waals surface area contributed by atoms with Crippen LogP contribution in [0.1, 0.15) is 49.3 Å². The Kier molecular flexibility index (Phi) is 11.3. The predicted octanol–water partition coefficient (Wildman–Crippen LogP) is 6.15. The number of hydrogen-bond acceptors (Lipinski definition) is 5. The van der Waals surface area contributed by atoms with Gasteiger partial charge in [-0.3, -0.25) is 13.9 Å². The summed E-state index contributed by atoms with van der Waals surface area (Å²) in [6, 6.07) is 31.5. The molecule has 1 N–H and O–H groups in total. The number of carbonyl (C=O) groups is 2. The minimum atomic E-state index is -4.16. The topological polar surface area (TPSA) is 96.0 Å². The number of carbonyl (C=O) groups excluding carboxylic acids is 2. The van der Waals surface area contributed by atoms with Gasteiger partial charge >= 0.3 is 0 Å². The first-order chi connectivity index (χ1) is 22.8. The highest BCUT2D eigenvalue weighted by Crippen LogP contribution is 2.29. The van der Waals surface area contributed by atoms with Gasteiger partial charge in [-0.25, -0.2) is 8.42 Å². The summed E-state index contributed by atoms with van der Waals surface area (Å²) in [5.41, 5.74) is 2.88. The van der Waals surface area contributed by atoms with Crippen molar-refractivity contribution in [2.45, 2.75) is 69.0 Å². The number of amides is 2. The summed E-state index contributed by atoms with van der Waals surface area (Å²) in [6.07, 6.45) is 4.72. The molecule has 0 aromatic heterocycles. The first-order valence-electron chi connectivity index (χ1n) is 16.2. The van der Waals surface area contributed by atoms with E-state index in [0.29, 0.717) is 17.9 Å². The van der Waals surface area contributed by atoms with Crippen molar-refractivity contribution >= 4 is 27.5 Å². The maximum absolute atomic E-state index is 14.7. The van der Waals surface area contributed by atoms with Crippen LogP contribution in [0.25, 0.3) is 0 Å². The Morgan fingerprint density at radius 1 is 0.851 bits per heavy atom. The van der Waals surface area contributed by atoms with Gasteiger partial charge in [0.1, 0.15) is 18.3 Å². The number of aryl methyl sites for hydroxylation is 1. The van der Waals surface area contributed by atoms with Crippen LogP contribution in [0.3, 0.4) is 0 Å². The normalized spacial score (nSPS) is 13.9. The molecule has 2 amide bonds. The maximum atomic E-state index is 14.7. The summed E-state index contributed by atoms with van der Waals surface area (Å²) in [5.74, 6) is -0.112. The van der Waals surface area contributed by atoms with Crippen molar-refractivity contribution < 1.29 is 22.7 Å². The Morgan fingerprint density at radius 3 is 2.17 bits per heavy atom. The van der Waals surface area contributed by atoms with Gasteiger partial charge in [-0.1, -0.05) is 98.6 Å². The lowest BCUT2D eigenvalue weighted by Gasteiger charge is -2.34. The van der Waals surface area contributed by atoms with Crippen LogP contribution in [-0.4, -0.2) is 50.9 Å². The van der Waals surface area contributed by atoms with E-state index in [1.165, 1.54) is 21.3 Å². The Labute approximate surface area is 278 Å². The molecule has 0 saturated heterocycles. The van der Waals surface area contributed by atoms with E-state index in [9.17, 15) is 18.0 Å². The standard InChI is InChI=1S/C38H43N3O5S/c1-3-31-18-10-13-24-35(31)41(47(44,45)34-22-8-5-9-23-34)28-37(42)40(27-30-17-14-21-33(25-30)46-2)36(26-29-15-6-4-7-16-29)38(43)39-32-19-11-12-20-32/h4-10,13-18,21-25,32,36H,3,11-12,19-20,26-28H2,1-2H3,(H,39,43)/t36-/m0/s1. The third-order valence-corrected chi connectivity index (χ3v) is 10.5. The number of nitrogens with zero attached hydrogens (tertiary/aromatic N) is 2. The first kappa shape index (κ1) is 33.7. The van der Waals surface area contributed by atoms with Crippen molar-refractivity contribution in [1.82, 2.24) is 10.2 Å². The number of nitrogens with one attached hydrogen (secondary N) is 1. The number of rotatable bonds is 14. The molecule has 5 rings (SSSR count). The molecule has 9 heteroatoms. The average Bonchev–Trinajstić information content (AvgIpc) is 3.62. The van der Waals surface area contributed by atoms with Crippen LogP contribution in [-0.2, 0) is 39.0 Å². The summed E-state index contributed by atoms with van der Waals surface area (Å²) in [7, 11) is -2.58. The van der Waals surface area contributed by atoms with Gasteiger partial charge in [0.25, 0.3) is 10.0 Å². The number of para-hydroxylation sites is 1. The van der Waals surface area contributed by atoms with Crippen molar-refractivity contribution in [2.75, 3.05) is 18.0 Å². The summed E-state index contributed by atoms with van der Waals surface area (Å²) in [4.78, 5) is 30.5. The van der Waals surface area contributed by atoms with E-state index in [0.717, 1.165) is 42.4 Å². The van der Waals surface area contributed by atoms with Crippen molar-refractivity contribution in [3.63, 3.8) is 0 Å². The van der Waals surface area contributed by atoms with E-state index in [1.54, 1.807) is 37.4 Å². The lowest BCUT2D eigenvalue weighted by atomic mass is 10.0. The zero-order valence-electron chi connectivity index (χ0n) is 27.0. The van der Waals surface area contributed by atoms with Crippen molar-refractivity contribution in [2.24, 2.45) is 0 Å². The Balaban J connectivity index is 1.59. The molecule has 1 fully saturated rings. The van der Waals surface area contributed by atoms with E-state index in [4.69, 9.17) is 4.74 Å². The number of hydrogen-bond donors (Lipinski definition) is 1. The molecule has 0 radical (unpaired) electrons.